The highest BCUT2D eigenvalue weighted by Gasteiger charge is 1.94. The first kappa shape index (κ1) is 6.81. The lowest BCUT2D eigenvalue weighted by molar-refractivity contribution is 1.26. The van der Waals surface area contributed by atoms with Gasteiger partial charge in [-0.2, -0.15) is 0 Å². The molecular formula is C10H6N2. The van der Waals surface area contributed by atoms with E-state index in [2.05, 4.69) is 15.9 Å². The Labute approximate surface area is 70.3 Å². The van der Waals surface area contributed by atoms with Gasteiger partial charge in [0.2, 0.25) is 0 Å². The summed E-state index contributed by atoms with van der Waals surface area (Å²) in [5.41, 5.74) is 2.29. The van der Waals surface area contributed by atoms with Crippen LogP contribution in [0, 0.1) is 12.3 Å². The van der Waals surface area contributed by atoms with Crippen molar-refractivity contribution < 1.29 is 0 Å². The van der Waals surface area contributed by atoms with Crippen LogP contribution < -0.4 is 0 Å². The number of benzene rings is 1. The van der Waals surface area contributed by atoms with Crippen molar-refractivity contribution in [2.75, 3.05) is 0 Å². The highest BCUT2D eigenvalue weighted by molar-refractivity contribution is 5.73. The van der Waals surface area contributed by atoms with Crippen LogP contribution in [0.2, 0.25) is 0 Å². The summed E-state index contributed by atoms with van der Waals surface area (Å²) in [5.74, 6) is 2.45. The fourth-order valence-corrected chi connectivity index (χ4v) is 1.03. The quantitative estimate of drug-likeness (QED) is 0.539. The first-order valence-electron chi connectivity index (χ1n) is 3.58. The number of nitrogens with zero attached hydrogens (tertiary/aromatic N) is 2. The zero-order valence-corrected chi connectivity index (χ0v) is 6.36. The lowest BCUT2D eigenvalue weighted by Crippen LogP contribution is -1.86. The summed E-state index contributed by atoms with van der Waals surface area (Å²) >= 11 is 0. The molecule has 0 amide bonds. The van der Waals surface area contributed by atoms with E-state index in [1.54, 1.807) is 6.20 Å². The minimum Gasteiger partial charge on any atom is -0.252 e. The van der Waals surface area contributed by atoms with Crippen molar-refractivity contribution in [3.05, 3.63) is 36.2 Å². The summed E-state index contributed by atoms with van der Waals surface area (Å²) in [4.78, 5) is 8.34. The Bertz CT molecular complexity index is 455. The average Bonchev–Trinajstić information content (AvgIpc) is 2.17. The molecule has 0 aliphatic heterocycles. The SMILES string of the molecule is C#Cc1cnc2ccccc2n1. The second-order valence-corrected chi connectivity index (χ2v) is 2.39. The maximum absolute atomic E-state index is 5.19. The van der Waals surface area contributed by atoms with Crippen LogP contribution in [-0.4, -0.2) is 9.97 Å². The van der Waals surface area contributed by atoms with Gasteiger partial charge in [0.1, 0.15) is 5.69 Å². The second kappa shape index (κ2) is 2.63. The monoisotopic (exact) mass is 154 g/mol. The van der Waals surface area contributed by atoms with Crippen molar-refractivity contribution in [1.29, 1.82) is 0 Å². The molecule has 0 saturated heterocycles. The van der Waals surface area contributed by atoms with Gasteiger partial charge < -0.3 is 0 Å². The molecule has 2 rings (SSSR count). The Kier molecular flexibility index (Phi) is 1.49. The van der Waals surface area contributed by atoms with E-state index >= 15 is 0 Å². The van der Waals surface area contributed by atoms with Gasteiger partial charge >= 0.3 is 0 Å². The Morgan fingerprint density at radius 1 is 1.17 bits per heavy atom. The molecule has 0 aliphatic rings. The summed E-state index contributed by atoms with van der Waals surface area (Å²) in [7, 11) is 0. The Morgan fingerprint density at radius 2 is 1.92 bits per heavy atom. The Morgan fingerprint density at radius 3 is 2.67 bits per heavy atom. The molecular weight excluding hydrogens is 148 g/mol. The predicted octanol–water partition coefficient (Wildman–Crippen LogP) is 1.61. The van der Waals surface area contributed by atoms with Gasteiger partial charge in [0.25, 0.3) is 0 Å². The number of hydrogen-bond acceptors (Lipinski definition) is 2. The van der Waals surface area contributed by atoms with E-state index in [4.69, 9.17) is 6.42 Å². The molecule has 0 spiro atoms. The van der Waals surface area contributed by atoms with Crippen LogP contribution in [0.25, 0.3) is 11.0 Å². The van der Waals surface area contributed by atoms with Crippen LogP contribution in [-0.2, 0) is 0 Å². The van der Waals surface area contributed by atoms with Gasteiger partial charge in [-0.3, -0.25) is 4.98 Å². The van der Waals surface area contributed by atoms with Crippen LogP contribution >= 0.6 is 0 Å². The molecule has 56 valence electrons. The molecule has 2 heteroatoms. The molecule has 12 heavy (non-hydrogen) atoms. The van der Waals surface area contributed by atoms with E-state index in [1.165, 1.54) is 0 Å². The summed E-state index contributed by atoms with van der Waals surface area (Å²) in [6, 6.07) is 7.63. The van der Waals surface area contributed by atoms with Crippen LogP contribution in [0.15, 0.2) is 30.5 Å². The standard InChI is InChI=1S/C10H6N2/c1-2-8-7-11-9-5-3-4-6-10(9)12-8/h1,3-7H. The Hall–Kier alpha value is -1.88. The van der Waals surface area contributed by atoms with Crippen molar-refractivity contribution in [3.63, 3.8) is 0 Å². The number of fused-ring (bicyclic) bond motifs is 1. The van der Waals surface area contributed by atoms with Crippen LogP contribution in [0.5, 0.6) is 0 Å². The van der Waals surface area contributed by atoms with Gasteiger partial charge in [-0.15, -0.1) is 6.42 Å². The summed E-state index contributed by atoms with van der Waals surface area (Å²) in [6.45, 7) is 0. The van der Waals surface area contributed by atoms with Crippen LogP contribution in [0.3, 0.4) is 0 Å². The van der Waals surface area contributed by atoms with E-state index in [0.29, 0.717) is 5.69 Å². The average molecular weight is 154 g/mol. The van der Waals surface area contributed by atoms with Crippen LogP contribution in [0.1, 0.15) is 5.69 Å². The maximum atomic E-state index is 5.19. The third-order valence-corrected chi connectivity index (χ3v) is 1.60. The minimum atomic E-state index is 0.578. The van der Waals surface area contributed by atoms with Gasteiger partial charge in [-0.05, 0) is 18.1 Å². The third kappa shape index (κ3) is 1.02. The molecule has 0 unspecified atom stereocenters. The molecule has 1 heterocycles. The molecule has 2 nitrogen and oxygen atoms in total. The number of hydrogen-bond donors (Lipinski definition) is 0. The largest absolute Gasteiger partial charge is 0.252 e. The second-order valence-electron chi connectivity index (χ2n) is 2.39. The maximum Gasteiger partial charge on any atom is 0.131 e. The van der Waals surface area contributed by atoms with Gasteiger partial charge in [0.15, 0.2) is 0 Å². The molecule has 0 saturated carbocycles. The summed E-state index contributed by atoms with van der Waals surface area (Å²) in [5, 5.41) is 0. The molecule has 0 N–H and O–H groups in total. The summed E-state index contributed by atoms with van der Waals surface area (Å²) in [6.07, 6.45) is 6.79. The molecule has 0 atom stereocenters. The molecule has 1 aromatic heterocycles. The molecule has 0 fully saturated rings. The molecule has 0 radical (unpaired) electrons. The lowest BCUT2D eigenvalue weighted by Gasteiger charge is -1.94. The Balaban J connectivity index is 2.78. The van der Waals surface area contributed by atoms with Gasteiger partial charge in [-0.1, -0.05) is 12.1 Å². The van der Waals surface area contributed by atoms with Gasteiger partial charge in [0, 0.05) is 0 Å². The smallest absolute Gasteiger partial charge is 0.131 e. The van der Waals surface area contributed by atoms with E-state index in [1.807, 2.05) is 24.3 Å². The number of rotatable bonds is 0. The van der Waals surface area contributed by atoms with Crippen molar-refractivity contribution in [2.24, 2.45) is 0 Å². The zero-order valence-electron chi connectivity index (χ0n) is 6.36. The van der Waals surface area contributed by atoms with Gasteiger partial charge in [0.05, 0.1) is 17.2 Å². The molecule has 0 aliphatic carbocycles. The van der Waals surface area contributed by atoms with Crippen molar-refractivity contribution in [2.45, 2.75) is 0 Å². The first-order valence-corrected chi connectivity index (χ1v) is 3.58. The molecule has 2 aromatic rings. The third-order valence-electron chi connectivity index (χ3n) is 1.60. The fraction of sp³-hybridized carbons (Fsp3) is 0. The summed E-state index contributed by atoms with van der Waals surface area (Å²) < 4.78 is 0. The predicted molar refractivity (Wildman–Crippen MR) is 47.5 cm³/mol. The highest BCUT2D eigenvalue weighted by Crippen LogP contribution is 2.07. The zero-order chi connectivity index (χ0) is 8.39. The van der Waals surface area contributed by atoms with E-state index in [0.717, 1.165) is 11.0 Å². The number of terminal acetylenes is 1. The van der Waals surface area contributed by atoms with E-state index in [9.17, 15) is 0 Å². The molecule has 0 bridgehead atoms. The van der Waals surface area contributed by atoms with E-state index < -0.39 is 0 Å². The van der Waals surface area contributed by atoms with E-state index in [-0.39, 0.29) is 0 Å². The lowest BCUT2D eigenvalue weighted by atomic mass is 10.3. The van der Waals surface area contributed by atoms with Gasteiger partial charge in [-0.25, -0.2) is 4.98 Å². The number of para-hydroxylation sites is 2. The highest BCUT2D eigenvalue weighted by atomic mass is 14.8. The normalized spacial score (nSPS) is 9.58. The molecule has 1 aromatic carbocycles. The minimum absolute atomic E-state index is 0.578. The number of aromatic nitrogens is 2. The fourth-order valence-electron chi connectivity index (χ4n) is 1.03. The van der Waals surface area contributed by atoms with Crippen molar-refractivity contribution >= 4 is 11.0 Å². The first-order chi connectivity index (χ1) is 5.90. The van der Waals surface area contributed by atoms with Crippen molar-refractivity contribution in [1.82, 2.24) is 9.97 Å². The van der Waals surface area contributed by atoms with Crippen LogP contribution in [0.4, 0.5) is 0 Å². The van der Waals surface area contributed by atoms with Crippen molar-refractivity contribution in [3.8, 4) is 12.3 Å². The topological polar surface area (TPSA) is 25.8 Å².